The average molecular weight is 654 g/mol. The first kappa shape index (κ1) is 30.5. The van der Waals surface area contributed by atoms with Gasteiger partial charge in [0.25, 0.3) is 0 Å². The van der Waals surface area contributed by atoms with E-state index in [0.717, 1.165) is 53.4 Å². The summed E-state index contributed by atoms with van der Waals surface area (Å²) >= 11 is 0. The molecule has 1 atom stereocenters. The van der Waals surface area contributed by atoms with Crippen molar-refractivity contribution in [3.05, 3.63) is 178 Å². The summed E-state index contributed by atoms with van der Waals surface area (Å²) in [5.41, 5.74) is 11.7. The Morgan fingerprint density at radius 1 is 0.540 bits per heavy atom. The zero-order chi connectivity index (χ0) is 33.7. The molecule has 2 bridgehead atoms. The highest BCUT2D eigenvalue weighted by molar-refractivity contribution is 5.83. The van der Waals surface area contributed by atoms with Crippen molar-refractivity contribution in [2.75, 3.05) is 11.6 Å². The quantitative estimate of drug-likeness (QED) is 0.152. The fraction of sp³-hybridized carbons (Fsp3) is 0.174. The minimum absolute atomic E-state index is 0.487. The Hall–Kier alpha value is -5.58. The number of benzene rings is 7. The summed E-state index contributed by atoms with van der Waals surface area (Å²) < 4.78 is 14.0. The van der Waals surface area contributed by atoms with Crippen LogP contribution in [-0.2, 0) is 32.8 Å². The second kappa shape index (κ2) is 12.4. The Morgan fingerprint density at radius 3 is 1.76 bits per heavy atom. The van der Waals surface area contributed by atoms with E-state index in [1.54, 1.807) is 0 Å². The summed E-state index contributed by atoms with van der Waals surface area (Å²) in [5.74, 6) is 1.65. The summed E-state index contributed by atoms with van der Waals surface area (Å²) in [6.07, 6.45) is 0. The Balaban J connectivity index is 1.07. The molecule has 0 aromatic heterocycles. The number of hydrogen-bond acceptors (Lipinski definition) is 3. The molecule has 4 nitrogen and oxygen atoms in total. The van der Waals surface area contributed by atoms with Crippen molar-refractivity contribution in [3.8, 4) is 11.5 Å². The van der Waals surface area contributed by atoms with Gasteiger partial charge < -0.3 is 14.4 Å². The van der Waals surface area contributed by atoms with Gasteiger partial charge in [-0.1, -0.05) is 96.1 Å². The van der Waals surface area contributed by atoms with Gasteiger partial charge in [-0.05, 0) is 95.1 Å². The van der Waals surface area contributed by atoms with Crippen LogP contribution < -0.4 is 18.9 Å². The third-order valence-corrected chi connectivity index (χ3v) is 10.5. The van der Waals surface area contributed by atoms with E-state index in [1.807, 2.05) is 0 Å². The molecule has 246 valence electrons. The second-order valence-electron chi connectivity index (χ2n) is 14.3. The molecule has 2 aliphatic rings. The molecule has 2 heterocycles. The molecule has 0 amide bonds. The average Bonchev–Trinajstić information content (AvgIpc) is 3.12. The smallest absolute Gasteiger partial charge is 0.160 e. The predicted octanol–water partition coefficient (Wildman–Crippen LogP) is 10.8. The predicted molar refractivity (Wildman–Crippen MR) is 206 cm³/mol. The van der Waals surface area contributed by atoms with Crippen molar-refractivity contribution in [2.45, 2.75) is 46.7 Å². The molecule has 7 aromatic rings. The summed E-state index contributed by atoms with van der Waals surface area (Å²) in [6, 6.07) is 50.6. The summed E-state index contributed by atoms with van der Waals surface area (Å²) in [5, 5.41) is 4.92. The number of ether oxygens (including phenoxy) is 2. The topological polar surface area (TPSA) is 21.7 Å². The number of fused-ring (bicyclic) bond motifs is 8. The normalized spacial score (nSPS) is 16.2. The minimum Gasteiger partial charge on any atom is -0.489 e. The highest BCUT2D eigenvalue weighted by atomic mass is 16.5. The molecule has 0 radical (unpaired) electrons. The second-order valence-corrected chi connectivity index (χ2v) is 14.3. The van der Waals surface area contributed by atoms with Crippen molar-refractivity contribution in [2.24, 2.45) is 0 Å². The van der Waals surface area contributed by atoms with E-state index in [9.17, 15) is 0 Å². The van der Waals surface area contributed by atoms with E-state index < -0.39 is 0 Å². The van der Waals surface area contributed by atoms with Crippen LogP contribution in [0.5, 0.6) is 11.5 Å². The molecular formula is C46H41N2O2+. The highest BCUT2D eigenvalue weighted by Gasteiger charge is 2.44. The van der Waals surface area contributed by atoms with E-state index >= 15 is 0 Å². The molecule has 50 heavy (non-hydrogen) atoms. The monoisotopic (exact) mass is 653 g/mol. The molecule has 7 aromatic carbocycles. The van der Waals surface area contributed by atoms with Crippen LogP contribution in [0.25, 0.3) is 21.5 Å². The summed E-state index contributed by atoms with van der Waals surface area (Å²) in [7, 11) is 0. The molecule has 0 fully saturated rings. The Bertz CT molecular complexity index is 2300. The summed E-state index contributed by atoms with van der Waals surface area (Å²) in [4.78, 5) is 2.58. The molecule has 2 aliphatic heterocycles. The third-order valence-electron chi connectivity index (χ3n) is 10.5. The Labute approximate surface area is 294 Å². The number of nitrogens with zero attached hydrogens (tertiary/aromatic N) is 2. The van der Waals surface area contributed by atoms with Gasteiger partial charge in [0, 0.05) is 22.8 Å². The maximum absolute atomic E-state index is 6.58. The molecule has 0 spiro atoms. The van der Waals surface area contributed by atoms with Crippen LogP contribution in [-0.4, -0.2) is 6.67 Å². The van der Waals surface area contributed by atoms with Crippen molar-refractivity contribution in [3.63, 3.8) is 0 Å². The first-order valence-corrected chi connectivity index (χ1v) is 17.6. The van der Waals surface area contributed by atoms with Crippen molar-refractivity contribution in [1.29, 1.82) is 0 Å². The van der Waals surface area contributed by atoms with Crippen LogP contribution in [0.2, 0.25) is 0 Å². The molecule has 0 saturated heterocycles. The molecule has 4 heteroatoms. The molecule has 0 saturated carbocycles. The van der Waals surface area contributed by atoms with Crippen LogP contribution >= 0.6 is 0 Å². The van der Waals surface area contributed by atoms with Gasteiger partial charge in [-0.3, -0.25) is 4.48 Å². The van der Waals surface area contributed by atoms with E-state index in [4.69, 9.17) is 9.47 Å². The molecule has 1 unspecified atom stereocenters. The van der Waals surface area contributed by atoms with Gasteiger partial charge in [-0.15, -0.1) is 0 Å². The van der Waals surface area contributed by atoms with Gasteiger partial charge in [0.05, 0.1) is 12.2 Å². The zero-order valence-electron chi connectivity index (χ0n) is 28.7. The fourth-order valence-corrected chi connectivity index (χ4v) is 8.15. The number of rotatable bonds is 8. The maximum Gasteiger partial charge on any atom is 0.160 e. The standard InChI is InChI=1S/C46H41N2O2/c1-32-11-17-45-42(20-32)28-48(31-47(45)26-41-19-33(2)12-18-46(41)48)27-36-23-43(49-29-34-13-15-37-7-3-5-9-39(37)21-34)25-44(24-36)50-30-35-14-16-38-8-4-6-10-40(38)22-35/h3-25H,26-31H2,1-2H3/q+1. The van der Waals surface area contributed by atoms with Crippen LogP contribution in [0.3, 0.4) is 0 Å². The largest absolute Gasteiger partial charge is 0.489 e. The first-order chi connectivity index (χ1) is 24.5. The van der Waals surface area contributed by atoms with Crippen LogP contribution in [0.4, 0.5) is 11.4 Å². The number of aryl methyl sites for hydroxylation is 2. The molecular weight excluding hydrogens is 613 g/mol. The highest BCUT2D eigenvalue weighted by Crippen LogP contribution is 2.45. The van der Waals surface area contributed by atoms with Crippen molar-refractivity contribution in [1.82, 2.24) is 4.48 Å². The van der Waals surface area contributed by atoms with Crippen LogP contribution in [0.15, 0.2) is 140 Å². The summed E-state index contributed by atoms with van der Waals surface area (Å²) in [6.45, 7) is 9.02. The fourth-order valence-electron chi connectivity index (χ4n) is 8.15. The molecule has 9 rings (SSSR count). The maximum atomic E-state index is 6.58. The van der Waals surface area contributed by atoms with Gasteiger partial charge in [-0.25, -0.2) is 0 Å². The lowest BCUT2D eigenvalue weighted by Gasteiger charge is -2.51. The van der Waals surface area contributed by atoms with Crippen molar-refractivity contribution < 1.29 is 9.47 Å². The van der Waals surface area contributed by atoms with Gasteiger partial charge in [0.1, 0.15) is 43.5 Å². The molecule has 0 N–H and O–H groups in total. The molecule has 0 aliphatic carbocycles. The SMILES string of the molecule is Cc1ccc2c(c1)C[N+]1(Cc3cc(OCc4ccc5ccccc5c4)cc(OCc4ccc5ccccc5c4)c3)CN2Cc2cc(C)ccc21. The van der Waals surface area contributed by atoms with E-state index in [1.165, 1.54) is 60.7 Å². The van der Waals surface area contributed by atoms with Gasteiger partial charge in [-0.2, -0.15) is 0 Å². The van der Waals surface area contributed by atoms with E-state index in [0.29, 0.717) is 13.2 Å². The van der Waals surface area contributed by atoms with E-state index in [2.05, 4.69) is 158 Å². The number of quaternary nitrogens is 1. The number of hydrogen-bond donors (Lipinski definition) is 0. The van der Waals surface area contributed by atoms with Gasteiger partial charge in [0.15, 0.2) is 6.67 Å². The van der Waals surface area contributed by atoms with Crippen LogP contribution in [0.1, 0.15) is 38.9 Å². The first-order valence-electron chi connectivity index (χ1n) is 17.6. The van der Waals surface area contributed by atoms with Crippen LogP contribution in [0, 0.1) is 13.8 Å². The number of anilines is 1. The lowest BCUT2D eigenvalue weighted by atomic mass is 9.95. The minimum atomic E-state index is 0.487. The lowest BCUT2D eigenvalue weighted by molar-refractivity contribution is 0.226. The Kier molecular flexibility index (Phi) is 7.55. The van der Waals surface area contributed by atoms with Crippen molar-refractivity contribution >= 4 is 32.9 Å². The lowest BCUT2D eigenvalue weighted by Crippen LogP contribution is -2.60. The zero-order valence-corrected chi connectivity index (χ0v) is 28.7. The Morgan fingerprint density at radius 2 is 1.12 bits per heavy atom. The van der Waals surface area contributed by atoms with Gasteiger partial charge in [0.2, 0.25) is 0 Å². The third kappa shape index (κ3) is 5.86. The van der Waals surface area contributed by atoms with E-state index in [-0.39, 0.29) is 0 Å². The van der Waals surface area contributed by atoms with Gasteiger partial charge >= 0.3 is 0 Å².